The first kappa shape index (κ1) is 26.9. The van der Waals surface area contributed by atoms with Crippen LogP contribution < -0.4 is 10.6 Å². The molecule has 0 saturated heterocycles. The monoisotopic (exact) mass is 476 g/mol. The van der Waals surface area contributed by atoms with Gasteiger partial charge in [-0.3, -0.25) is 0 Å². The fourth-order valence-corrected chi connectivity index (χ4v) is 9.41. The maximum absolute atomic E-state index is 9.31. The standard InChI is InChI=1S/C30H56N2O2/c1-29(2)23-13-11-21(17-23)27(29)9-5-7-25(31-15-16-32-26(19-33)20-34)8-6-10-28-22-12-14-24(18-22)30(28,3)4/h21-28,31-34H,5-20H2,1-4H3. The molecule has 0 amide bonds. The van der Waals surface area contributed by atoms with E-state index in [2.05, 4.69) is 38.3 Å². The lowest BCUT2D eigenvalue weighted by molar-refractivity contribution is 0.108. The van der Waals surface area contributed by atoms with Gasteiger partial charge in [-0.2, -0.15) is 0 Å². The zero-order chi connectivity index (χ0) is 24.3. The van der Waals surface area contributed by atoms with Gasteiger partial charge in [0.2, 0.25) is 0 Å². The minimum Gasteiger partial charge on any atom is -0.395 e. The highest BCUT2D eigenvalue weighted by Crippen LogP contribution is 2.61. The molecule has 4 bridgehead atoms. The zero-order valence-corrected chi connectivity index (χ0v) is 22.8. The van der Waals surface area contributed by atoms with Crippen molar-refractivity contribution in [1.29, 1.82) is 0 Å². The molecular formula is C30H56N2O2. The van der Waals surface area contributed by atoms with Crippen molar-refractivity contribution in [2.24, 2.45) is 46.3 Å². The Morgan fingerprint density at radius 3 is 1.50 bits per heavy atom. The topological polar surface area (TPSA) is 64.5 Å². The highest BCUT2D eigenvalue weighted by atomic mass is 16.3. The molecule has 4 nitrogen and oxygen atoms in total. The Kier molecular flexibility index (Phi) is 9.08. The molecule has 6 atom stereocenters. The highest BCUT2D eigenvalue weighted by molar-refractivity contribution is 5.02. The Morgan fingerprint density at radius 1 is 0.676 bits per heavy atom. The largest absolute Gasteiger partial charge is 0.395 e. The molecule has 0 aromatic rings. The van der Waals surface area contributed by atoms with E-state index in [1.54, 1.807) is 0 Å². The number of aliphatic hydroxyl groups excluding tert-OH is 2. The van der Waals surface area contributed by atoms with Crippen LogP contribution in [-0.2, 0) is 0 Å². The molecule has 0 aromatic carbocycles. The van der Waals surface area contributed by atoms with E-state index in [1.807, 2.05) is 0 Å². The van der Waals surface area contributed by atoms with E-state index >= 15 is 0 Å². The molecule has 0 heterocycles. The average Bonchev–Trinajstić information content (AvgIpc) is 3.56. The van der Waals surface area contributed by atoms with E-state index in [9.17, 15) is 10.2 Å². The summed E-state index contributed by atoms with van der Waals surface area (Å²) in [6.45, 7) is 11.9. The summed E-state index contributed by atoms with van der Waals surface area (Å²) in [5, 5.41) is 25.7. The summed E-state index contributed by atoms with van der Waals surface area (Å²) in [6, 6.07) is 0.409. The number of rotatable bonds is 15. The molecule has 4 saturated carbocycles. The van der Waals surface area contributed by atoms with Gasteiger partial charge in [-0.1, -0.05) is 40.5 Å². The predicted octanol–water partition coefficient (Wildman–Crippen LogP) is 5.37. The van der Waals surface area contributed by atoms with Crippen molar-refractivity contribution in [2.75, 3.05) is 26.3 Å². The second-order valence-corrected chi connectivity index (χ2v) is 13.9. The third-order valence-electron chi connectivity index (χ3n) is 11.7. The Labute approximate surface area is 210 Å². The molecule has 4 rings (SSSR count). The van der Waals surface area contributed by atoms with E-state index in [-0.39, 0.29) is 19.3 Å². The third-order valence-corrected chi connectivity index (χ3v) is 11.7. The molecule has 0 spiro atoms. The Balaban J connectivity index is 1.23. The maximum atomic E-state index is 9.31. The number of nitrogens with one attached hydrogen (secondary N) is 2. The van der Waals surface area contributed by atoms with Gasteiger partial charge in [0.05, 0.1) is 19.3 Å². The molecule has 4 heteroatoms. The normalized spacial score (nSPS) is 36.1. The second-order valence-electron chi connectivity index (χ2n) is 13.9. The van der Waals surface area contributed by atoms with Crippen LogP contribution in [0.5, 0.6) is 0 Å². The number of aliphatic hydroxyl groups is 2. The molecule has 4 aliphatic carbocycles. The average molecular weight is 477 g/mol. The minimum absolute atomic E-state index is 0.00139. The summed E-state index contributed by atoms with van der Waals surface area (Å²) in [7, 11) is 0. The SMILES string of the molecule is CC1(C)C2CCC(C2)C1CCCC(CCCC1C2CCC(C2)C1(C)C)NCCNC(CO)CO. The quantitative estimate of drug-likeness (QED) is 0.240. The summed E-state index contributed by atoms with van der Waals surface area (Å²) in [6.07, 6.45) is 17.1. The summed E-state index contributed by atoms with van der Waals surface area (Å²) in [5.74, 6) is 5.86. The van der Waals surface area contributed by atoms with Crippen molar-refractivity contribution in [3.05, 3.63) is 0 Å². The van der Waals surface area contributed by atoms with Gasteiger partial charge >= 0.3 is 0 Å². The van der Waals surface area contributed by atoms with Gasteiger partial charge in [0.1, 0.15) is 0 Å². The Bertz CT molecular complexity index is 587. The lowest BCUT2D eigenvalue weighted by Crippen LogP contribution is -2.42. The number of fused-ring (bicyclic) bond motifs is 4. The Hall–Kier alpha value is -0.160. The zero-order valence-electron chi connectivity index (χ0n) is 22.8. The fourth-order valence-electron chi connectivity index (χ4n) is 9.41. The maximum Gasteiger partial charge on any atom is 0.0607 e. The molecule has 0 aromatic heterocycles. The lowest BCUT2D eigenvalue weighted by atomic mass is 9.66. The first-order valence-electron chi connectivity index (χ1n) is 15.0. The van der Waals surface area contributed by atoms with Gasteiger partial charge in [-0.05, 0) is 111 Å². The highest BCUT2D eigenvalue weighted by Gasteiger charge is 2.52. The van der Waals surface area contributed by atoms with Crippen LogP contribution in [0.4, 0.5) is 0 Å². The van der Waals surface area contributed by atoms with Crippen molar-refractivity contribution in [3.8, 4) is 0 Å². The van der Waals surface area contributed by atoms with Crippen LogP contribution in [0.15, 0.2) is 0 Å². The molecule has 4 fully saturated rings. The van der Waals surface area contributed by atoms with Crippen molar-refractivity contribution >= 4 is 0 Å². The molecule has 4 aliphatic rings. The van der Waals surface area contributed by atoms with Crippen LogP contribution in [0.1, 0.15) is 105 Å². The summed E-state index contributed by atoms with van der Waals surface area (Å²) < 4.78 is 0. The van der Waals surface area contributed by atoms with Gasteiger partial charge in [-0.15, -0.1) is 0 Å². The van der Waals surface area contributed by atoms with Gasteiger partial charge in [0.15, 0.2) is 0 Å². The van der Waals surface area contributed by atoms with Gasteiger partial charge in [-0.25, -0.2) is 0 Å². The predicted molar refractivity (Wildman–Crippen MR) is 142 cm³/mol. The van der Waals surface area contributed by atoms with E-state index in [1.165, 1.54) is 77.0 Å². The van der Waals surface area contributed by atoms with Crippen LogP contribution in [0.3, 0.4) is 0 Å². The van der Waals surface area contributed by atoms with Crippen LogP contribution in [-0.4, -0.2) is 48.6 Å². The van der Waals surface area contributed by atoms with Crippen molar-refractivity contribution in [3.63, 3.8) is 0 Å². The van der Waals surface area contributed by atoms with Crippen LogP contribution in [0.25, 0.3) is 0 Å². The molecule has 0 aliphatic heterocycles. The van der Waals surface area contributed by atoms with Gasteiger partial charge in [0.25, 0.3) is 0 Å². The smallest absolute Gasteiger partial charge is 0.0607 e. The first-order chi connectivity index (χ1) is 16.3. The van der Waals surface area contributed by atoms with E-state index in [0.29, 0.717) is 16.9 Å². The van der Waals surface area contributed by atoms with Gasteiger partial charge < -0.3 is 20.8 Å². The third kappa shape index (κ3) is 5.71. The molecule has 6 unspecified atom stereocenters. The Morgan fingerprint density at radius 2 is 1.12 bits per heavy atom. The summed E-state index contributed by atoms with van der Waals surface area (Å²) >= 11 is 0. The molecular weight excluding hydrogens is 420 g/mol. The van der Waals surface area contributed by atoms with Crippen LogP contribution in [0, 0.1) is 46.3 Å². The molecule has 0 radical (unpaired) electrons. The fraction of sp³-hybridized carbons (Fsp3) is 1.00. The molecule has 34 heavy (non-hydrogen) atoms. The first-order valence-corrected chi connectivity index (χ1v) is 15.0. The molecule has 4 N–H and O–H groups in total. The summed E-state index contributed by atoms with van der Waals surface area (Å²) in [4.78, 5) is 0. The van der Waals surface area contributed by atoms with E-state index in [4.69, 9.17) is 0 Å². The van der Waals surface area contributed by atoms with E-state index in [0.717, 1.165) is 48.6 Å². The van der Waals surface area contributed by atoms with Crippen molar-refractivity contribution in [1.82, 2.24) is 10.6 Å². The van der Waals surface area contributed by atoms with Crippen molar-refractivity contribution in [2.45, 2.75) is 117 Å². The lowest BCUT2D eigenvalue weighted by Gasteiger charge is -2.39. The number of hydrogen-bond acceptors (Lipinski definition) is 4. The van der Waals surface area contributed by atoms with Crippen LogP contribution in [0.2, 0.25) is 0 Å². The van der Waals surface area contributed by atoms with Crippen molar-refractivity contribution < 1.29 is 10.2 Å². The molecule has 198 valence electrons. The van der Waals surface area contributed by atoms with E-state index < -0.39 is 0 Å². The summed E-state index contributed by atoms with van der Waals surface area (Å²) in [5.41, 5.74) is 1.12. The van der Waals surface area contributed by atoms with Gasteiger partial charge in [0, 0.05) is 19.1 Å². The number of hydrogen-bond donors (Lipinski definition) is 4. The van der Waals surface area contributed by atoms with Crippen LogP contribution >= 0.6 is 0 Å². The second kappa shape index (κ2) is 11.5. The minimum atomic E-state index is -0.194.